The molecule has 5 nitrogen and oxygen atoms in total. The zero-order valence-corrected chi connectivity index (χ0v) is 13.5. The molecule has 1 fully saturated rings. The molecule has 1 N–H and O–H groups in total. The fourth-order valence-corrected chi connectivity index (χ4v) is 4.23. The maximum atomic E-state index is 12.5. The molecule has 1 aromatic rings. The van der Waals surface area contributed by atoms with E-state index in [0.29, 0.717) is 13.1 Å². The number of nitrogens with zero attached hydrogens (tertiary/aromatic N) is 1. The predicted molar refractivity (Wildman–Crippen MR) is 83.4 cm³/mol. The van der Waals surface area contributed by atoms with E-state index in [1.807, 2.05) is 31.3 Å². The summed E-state index contributed by atoms with van der Waals surface area (Å²) in [6.45, 7) is 1.85. The summed E-state index contributed by atoms with van der Waals surface area (Å²) in [5.74, 6) is 0.0716. The Morgan fingerprint density at radius 1 is 1.29 bits per heavy atom. The minimum Gasteiger partial charge on any atom is -0.381 e. The van der Waals surface area contributed by atoms with Gasteiger partial charge in [0.05, 0.1) is 11.9 Å². The largest absolute Gasteiger partial charge is 0.381 e. The van der Waals surface area contributed by atoms with Gasteiger partial charge in [0, 0.05) is 26.7 Å². The van der Waals surface area contributed by atoms with Crippen LogP contribution in [0.3, 0.4) is 0 Å². The first-order valence-corrected chi connectivity index (χ1v) is 8.89. The number of sulfonamides is 1. The molecule has 0 atom stereocenters. The second-order valence-electron chi connectivity index (χ2n) is 5.44. The van der Waals surface area contributed by atoms with Gasteiger partial charge in [-0.25, -0.2) is 12.7 Å². The summed E-state index contributed by atoms with van der Waals surface area (Å²) in [7, 11) is 0.319. The third-order valence-corrected chi connectivity index (χ3v) is 5.70. The monoisotopic (exact) mass is 312 g/mol. The summed E-state index contributed by atoms with van der Waals surface area (Å²) in [5, 5.41) is 3.07. The summed E-state index contributed by atoms with van der Waals surface area (Å²) in [6.07, 6.45) is 1.74. The Morgan fingerprint density at radius 3 is 2.57 bits per heavy atom. The van der Waals surface area contributed by atoms with E-state index in [2.05, 4.69) is 5.32 Å². The van der Waals surface area contributed by atoms with E-state index in [4.69, 9.17) is 4.74 Å². The van der Waals surface area contributed by atoms with Crippen LogP contribution in [0.2, 0.25) is 0 Å². The molecule has 0 spiro atoms. The molecule has 0 radical (unpaired) electrons. The first-order valence-electron chi connectivity index (χ1n) is 7.28. The van der Waals surface area contributed by atoms with Crippen LogP contribution in [0.5, 0.6) is 0 Å². The molecule has 21 heavy (non-hydrogen) atoms. The average molecular weight is 312 g/mol. The Morgan fingerprint density at radius 2 is 1.95 bits per heavy atom. The van der Waals surface area contributed by atoms with Gasteiger partial charge < -0.3 is 10.1 Å². The van der Waals surface area contributed by atoms with Gasteiger partial charge in [-0.2, -0.15) is 0 Å². The van der Waals surface area contributed by atoms with Crippen molar-refractivity contribution in [3.05, 3.63) is 35.4 Å². The number of benzene rings is 1. The minimum absolute atomic E-state index is 0.0716. The average Bonchev–Trinajstić information content (AvgIpc) is 2.47. The highest BCUT2D eigenvalue weighted by Gasteiger charge is 2.27. The van der Waals surface area contributed by atoms with E-state index in [1.165, 1.54) is 0 Å². The lowest BCUT2D eigenvalue weighted by molar-refractivity contribution is 0.0604. The molecule has 0 saturated carbocycles. The lowest BCUT2D eigenvalue weighted by Crippen LogP contribution is -2.41. The molecule has 0 unspecified atom stereocenters. The fourth-order valence-electron chi connectivity index (χ4n) is 2.68. The molecule has 0 bridgehead atoms. The van der Waals surface area contributed by atoms with Crippen molar-refractivity contribution >= 4 is 10.0 Å². The van der Waals surface area contributed by atoms with E-state index < -0.39 is 10.0 Å². The smallest absolute Gasteiger partial charge is 0.218 e. The second kappa shape index (κ2) is 7.35. The number of piperidine rings is 1. The molecule has 1 aromatic carbocycles. The molecule has 0 amide bonds. The van der Waals surface area contributed by atoms with Crippen molar-refractivity contribution < 1.29 is 13.2 Å². The van der Waals surface area contributed by atoms with Crippen molar-refractivity contribution in [1.29, 1.82) is 0 Å². The number of ether oxygens (including phenoxy) is 1. The molecule has 1 aliphatic rings. The maximum absolute atomic E-state index is 12.5. The van der Waals surface area contributed by atoms with Crippen molar-refractivity contribution in [2.24, 2.45) is 0 Å². The lowest BCUT2D eigenvalue weighted by atomic mass is 10.1. The lowest BCUT2D eigenvalue weighted by Gasteiger charge is -2.30. The predicted octanol–water partition coefficient (Wildman–Crippen LogP) is 1.35. The Balaban J connectivity index is 2.02. The fraction of sp³-hybridized carbons (Fsp3) is 0.600. The van der Waals surface area contributed by atoms with Crippen molar-refractivity contribution in [3.8, 4) is 0 Å². The van der Waals surface area contributed by atoms with Crippen LogP contribution in [-0.2, 0) is 27.1 Å². The van der Waals surface area contributed by atoms with Gasteiger partial charge in [0.2, 0.25) is 10.0 Å². The van der Waals surface area contributed by atoms with Crippen molar-refractivity contribution in [2.45, 2.75) is 31.2 Å². The Bertz CT molecular complexity index is 552. The van der Waals surface area contributed by atoms with Gasteiger partial charge in [0.1, 0.15) is 0 Å². The quantitative estimate of drug-likeness (QED) is 0.861. The summed E-state index contributed by atoms with van der Waals surface area (Å²) in [5.41, 5.74) is 1.94. The van der Waals surface area contributed by atoms with Crippen LogP contribution in [0, 0.1) is 0 Å². The topological polar surface area (TPSA) is 58.6 Å². The molecule has 1 saturated heterocycles. The zero-order chi connectivity index (χ0) is 15.3. The van der Waals surface area contributed by atoms with Gasteiger partial charge in [0.15, 0.2) is 0 Å². The number of rotatable bonds is 6. The first kappa shape index (κ1) is 16.4. The molecule has 0 aromatic heterocycles. The number of methoxy groups -OCH3 is 1. The number of hydrogen-bond acceptors (Lipinski definition) is 4. The maximum Gasteiger partial charge on any atom is 0.218 e. The second-order valence-corrected chi connectivity index (χ2v) is 7.41. The van der Waals surface area contributed by atoms with Gasteiger partial charge in [-0.15, -0.1) is 0 Å². The standard InChI is InChI=1S/C15H24N2O3S/c1-16-11-13-4-3-5-14(10-13)12-21(18,19)17-8-6-15(20-2)7-9-17/h3-5,10,15-16H,6-9,11-12H2,1-2H3. The highest BCUT2D eigenvalue weighted by molar-refractivity contribution is 7.88. The van der Waals surface area contributed by atoms with Gasteiger partial charge >= 0.3 is 0 Å². The van der Waals surface area contributed by atoms with E-state index in [-0.39, 0.29) is 11.9 Å². The molecular weight excluding hydrogens is 288 g/mol. The van der Waals surface area contributed by atoms with Gasteiger partial charge in [0.25, 0.3) is 0 Å². The number of hydrogen-bond donors (Lipinski definition) is 1. The molecule has 1 aliphatic heterocycles. The Labute approximate surface area is 127 Å². The van der Waals surface area contributed by atoms with Gasteiger partial charge in [-0.1, -0.05) is 24.3 Å². The van der Waals surface area contributed by atoms with Crippen LogP contribution in [0.25, 0.3) is 0 Å². The summed E-state index contributed by atoms with van der Waals surface area (Å²) < 4.78 is 31.9. The van der Waals surface area contributed by atoms with Crippen molar-refractivity contribution in [2.75, 3.05) is 27.2 Å². The number of nitrogens with one attached hydrogen (secondary N) is 1. The van der Waals surface area contributed by atoms with E-state index in [0.717, 1.165) is 30.5 Å². The molecule has 1 heterocycles. The molecule has 118 valence electrons. The molecule has 0 aliphatic carbocycles. The van der Waals surface area contributed by atoms with Crippen LogP contribution in [0.15, 0.2) is 24.3 Å². The van der Waals surface area contributed by atoms with Crippen LogP contribution in [0.4, 0.5) is 0 Å². The first-order chi connectivity index (χ1) is 10.0. The van der Waals surface area contributed by atoms with Crippen molar-refractivity contribution in [1.82, 2.24) is 9.62 Å². The zero-order valence-electron chi connectivity index (χ0n) is 12.7. The van der Waals surface area contributed by atoms with Gasteiger partial charge in [-0.3, -0.25) is 0 Å². The van der Waals surface area contributed by atoms with E-state index >= 15 is 0 Å². The van der Waals surface area contributed by atoms with Crippen molar-refractivity contribution in [3.63, 3.8) is 0 Å². The van der Waals surface area contributed by atoms with Crippen LogP contribution < -0.4 is 5.32 Å². The third kappa shape index (κ3) is 4.51. The minimum atomic E-state index is -3.24. The van der Waals surface area contributed by atoms with Crippen LogP contribution in [0.1, 0.15) is 24.0 Å². The molecular formula is C15H24N2O3S. The van der Waals surface area contributed by atoms with E-state index in [9.17, 15) is 8.42 Å². The highest BCUT2D eigenvalue weighted by Crippen LogP contribution is 2.19. The SMILES string of the molecule is CNCc1cccc(CS(=O)(=O)N2CCC(OC)CC2)c1. The summed E-state index contributed by atoms with van der Waals surface area (Å²) in [6, 6.07) is 7.74. The molecule has 6 heteroatoms. The van der Waals surface area contributed by atoms with Gasteiger partial charge in [-0.05, 0) is 31.0 Å². The Kier molecular flexibility index (Phi) is 5.75. The van der Waals surface area contributed by atoms with Crippen LogP contribution >= 0.6 is 0 Å². The Hall–Kier alpha value is -0.950. The summed E-state index contributed by atoms with van der Waals surface area (Å²) in [4.78, 5) is 0. The third-order valence-electron chi connectivity index (χ3n) is 3.85. The highest BCUT2D eigenvalue weighted by atomic mass is 32.2. The normalized spacial score (nSPS) is 18.0. The molecule has 2 rings (SSSR count). The van der Waals surface area contributed by atoms with Crippen LogP contribution in [-0.4, -0.2) is 46.1 Å². The summed E-state index contributed by atoms with van der Waals surface area (Å²) >= 11 is 0. The van der Waals surface area contributed by atoms with E-state index in [1.54, 1.807) is 11.4 Å².